The number of unbranched alkanes of at least 4 members (excludes halogenated alkanes) is 9. The molecule has 0 aromatic carbocycles. The SMILES string of the molecule is CC(C)(COP(=O)([O-])OP(=O)([O-])OC[C@H]1O[C@@H](n2cnc3c(N)ncnc32)[C@H](O)[C@@H]1OP(=O)([O-])O)[C@@H](O)C(=O)NCCC(=O)NCCSC(=O)CCCCCCCCCCCNC(=O)CCCC[C@@H]1SC[C@@H]2NC(=O)N[C@@H]21.[NH4+].[NH4+].[NH4+]. The van der Waals surface area contributed by atoms with Crippen LogP contribution in [0.25, 0.3) is 11.2 Å². The molecular weight excluding hydrogens is 1160 g/mol. The fourth-order valence-electron chi connectivity index (χ4n) is 8.57. The molecule has 22 N–H and O–H groups in total. The van der Waals surface area contributed by atoms with Crippen molar-refractivity contribution in [3.05, 3.63) is 12.7 Å². The summed E-state index contributed by atoms with van der Waals surface area (Å²) >= 11 is 3.00. The molecule has 11 atom stereocenters. The molecule has 5 heterocycles. The Labute approximate surface area is 472 Å². The quantitative estimate of drug-likeness (QED) is 0.0262. The van der Waals surface area contributed by atoms with E-state index in [-0.39, 0.29) is 84.1 Å². The number of quaternary nitrogens is 3. The fourth-order valence-corrected chi connectivity index (χ4v) is 13.6. The van der Waals surface area contributed by atoms with Gasteiger partial charge in [0.25, 0.3) is 23.5 Å². The summed E-state index contributed by atoms with van der Waals surface area (Å²) in [5.41, 5.74) is 4.11. The summed E-state index contributed by atoms with van der Waals surface area (Å²) in [4.78, 5) is 119. The first kappa shape index (κ1) is 72.6. The van der Waals surface area contributed by atoms with Crippen LogP contribution >= 0.6 is 47.0 Å². The number of anilines is 1. The number of amides is 5. The molecule has 32 nitrogen and oxygen atoms in total. The standard InChI is InChI=1S/C43H73N10O19P3S2.3H3N/c1-43(2,24-69-75(66,67)72-74(64,65)68-22-28-36(71-73(61,62)63)35(57)41(70-28)53-26-50-34-38(44)48-25-49-39(34)53)37(58)40(59)47-19-17-31(55)46-20-21-76-32(56)16-10-8-6-4-3-5-7-9-13-18-45-30(54)15-12-11-14-29-33-27(23-77-29)51-42(60)52-33;;;/h25-29,33,35-37,41,57-58H,3-24H2,1-2H3,(H,45,54)(H,46,55)(H,47,59)(H,64,65)(H,66,67)(H2,44,48,49)(H2,51,52,60)(H2,61,62,63);3*1H3/t27-,28+,29-,33-,35+,36+,37-,41+;;;/m0.../s1. The van der Waals surface area contributed by atoms with E-state index in [1.165, 1.54) is 13.8 Å². The molecule has 3 fully saturated rings. The molecular formula is C43H82N13O19P3S2. The number of nitrogens with zero attached hydrogens (tertiary/aromatic N) is 4. The molecule has 2 aromatic rings. The van der Waals surface area contributed by atoms with Crippen LogP contribution in [0, 0.1) is 5.41 Å². The summed E-state index contributed by atoms with van der Waals surface area (Å²) in [6.07, 6.45) is 5.56. The van der Waals surface area contributed by atoms with Crippen LogP contribution in [-0.2, 0) is 55.5 Å². The molecule has 5 amide bonds. The summed E-state index contributed by atoms with van der Waals surface area (Å²) in [6.45, 7) is 0.828. The van der Waals surface area contributed by atoms with E-state index < -0.39 is 84.6 Å². The van der Waals surface area contributed by atoms with Gasteiger partial charge in [-0.1, -0.05) is 77.0 Å². The van der Waals surface area contributed by atoms with E-state index in [4.69, 9.17) is 10.5 Å². The molecule has 37 heteroatoms. The Morgan fingerprint density at radius 1 is 0.875 bits per heavy atom. The summed E-state index contributed by atoms with van der Waals surface area (Å²) < 4.78 is 61.2. The number of carbonyl (C=O) groups is 5. The smallest absolute Gasteiger partial charge is 0.315 e. The van der Waals surface area contributed by atoms with Gasteiger partial charge in [0.2, 0.25) is 17.7 Å². The number of hydrogen-bond donors (Lipinski definition) is 12. The van der Waals surface area contributed by atoms with Crippen molar-refractivity contribution in [1.82, 2.24) is 64.6 Å². The first-order chi connectivity index (χ1) is 36.3. The van der Waals surface area contributed by atoms with Gasteiger partial charge in [-0.2, -0.15) is 11.8 Å². The van der Waals surface area contributed by atoms with E-state index in [0.717, 1.165) is 112 Å². The van der Waals surface area contributed by atoms with Gasteiger partial charge in [-0.15, -0.1) is 0 Å². The van der Waals surface area contributed by atoms with Crippen molar-refractivity contribution >= 4 is 92.8 Å². The summed E-state index contributed by atoms with van der Waals surface area (Å²) in [5.74, 6) is -0.154. The Hall–Kier alpha value is -3.47. The average Bonchev–Trinajstić information content (AvgIpc) is 4.13. The Morgan fingerprint density at radius 3 is 2.19 bits per heavy atom. The zero-order chi connectivity index (χ0) is 56.4. The lowest BCUT2D eigenvalue weighted by molar-refractivity contribution is -0.247. The van der Waals surface area contributed by atoms with E-state index in [1.54, 1.807) is 0 Å². The highest BCUT2D eigenvalue weighted by atomic mass is 32.2. The van der Waals surface area contributed by atoms with Crippen molar-refractivity contribution < 1.29 is 90.1 Å². The topological polar surface area (TPSA) is 552 Å². The maximum absolute atomic E-state index is 12.7. The highest BCUT2D eigenvalue weighted by molar-refractivity contribution is 8.13. The van der Waals surface area contributed by atoms with E-state index in [9.17, 15) is 67.5 Å². The van der Waals surface area contributed by atoms with Crippen LogP contribution in [0.1, 0.15) is 116 Å². The number of nitrogens with two attached hydrogens (primary N) is 1. The van der Waals surface area contributed by atoms with E-state index in [1.807, 2.05) is 11.8 Å². The number of thioether (sulfide) groups is 2. The molecule has 3 aliphatic heterocycles. The molecule has 0 bridgehead atoms. The van der Waals surface area contributed by atoms with E-state index in [0.29, 0.717) is 30.4 Å². The van der Waals surface area contributed by atoms with E-state index in [2.05, 4.69) is 59.4 Å². The number of hydrogen-bond acceptors (Lipinski definition) is 24. The highest BCUT2D eigenvalue weighted by Crippen LogP contribution is 2.56. The second-order valence-electron chi connectivity index (χ2n) is 19.4. The largest absolute Gasteiger partial charge is 0.756 e. The van der Waals surface area contributed by atoms with Crippen LogP contribution in [-0.4, -0.2) is 150 Å². The minimum Gasteiger partial charge on any atom is -0.756 e. The van der Waals surface area contributed by atoms with Gasteiger partial charge in [0.15, 0.2) is 22.8 Å². The molecule has 3 aliphatic rings. The van der Waals surface area contributed by atoms with Crippen LogP contribution in [0.4, 0.5) is 10.6 Å². The minimum atomic E-state index is -5.92. The predicted octanol–water partition coefficient (Wildman–Crippen LogP) is 1.64. The molecule has 2 aromatic heterocycles. The van der Waals surface area contributed by atoms with Crippen LogP contribution in [0.15, 0.2) is 12.7 Å². The van der Waals surface area contributed by atoms with Gasteiger partial charge in [-0.05, 0) is 25.7 Å². The third-order valence-corrected chi connectivity index (χ3v) is 18.2. The lowest BCUT2D eigenvalue weighted by atomic mass is 9.87. The van der Waals surface area contributed by atoms with Crippen LogP contribution in [0.5, 0.6) is 0 Å². The van der Waals surface area contributed by atoms with Crippen LogP contribution in [0.2, 0.25) is 0 Å². The van der Waals surface area contributed by atoms with E-state index >= 15 is 0 Å². The van der Waals surface area contributed by atoms with Crippen molar-refractivity contribution in [2.24, 2.45) is 5.41 Å². The molecule has 0 spiro atoms. The lowest BCUT2D eigenvalue weighted by Gasteiger charge is -2.35. The van der Waals surface area contributed by atoms with Gasteiger partial charge in [0, 0.05) is 61.1 Å². The summed E-state index contributed by atoms with van der Waals surface area (Å²) in [5, 5.41) is 35.9. The number of aliphatic hydroxyl groups is 2. The second kappa shape index (κ2) is 34.3. The number of nitrogens with one attached hydrogen (secondary N) is 5. The number of phosphoric ester groups is 3. The Kier molecular flexibility index (Phi) is 31.2. The number of imidazole rings is 1. The molecule has 0 radical (unpaired) electrons. The van der Waals surface area contributed by atoms with Crippen molar-refractivity contribution in [3.63, 3.8) is 0 Å². The molecule has 0 saturated carbocycles. The molecule has 80 heavy (non-hydrogen) atoms. The average molecular weight is 1240 g/mol. The lowest BCUT2D eigenvalue weighted by Crippen LogP contribution is -2.46. The normalized spacial score (nSPS) is 23.1. The molecule has 460 valence electrons. The van der Waals surface area contributed by atoms with Gasteiger partial charge in [-0.25, -0.2) is 24.1 Å². The molecule has 5 rings (SSSR count). The molecule has 3 saturated heterocycles. The van der Waals surface area contributed by atoms with Gasteiger partial charge in [0.1, 0.15) is 36.3 Å². The Balaban J connectivity index is 0.00000729. The second-order valence-corrected chi connectivity index (χ2v) is 25.9. The predicted molar refractivity (Wildman–Crippen MR) is 292 cm³/mol. The summed E-state index contributed by atoms with van der Waals surface area (Å²) in [7, 11) is -17.4. The number of aliphatic hydroxyl groups excluding tert-OH is 2. The number of rotatable bonds is 36. The summed E-state index contributed by atoms with van der Waals surface area (Å²) in [6, 6.07) is 0.342. The van der Waals surface area contributed by atoms with Gasteiger partial charge in [0.05, 0.1) is 31.6 Å². The third kappa shape index (κ3) is 24.0. The van der Waals surface area contributed by atoms with Crippen LogP contribution < -0.4 is 65.4 Å². The fraction of sp³-hybridized carbons (Fsp3) is 0.767. The number of phosphoric acid groups is 3. The third-order valence-electron chi connectivity index (χ3n) is 12.7. The van der Waals surface area contributed by atoms with Crippen molar-refractivity contribution in [1.29, 1.82) is 0 Å². The minimum absolute atomic E-state index is 0. The van der Waals surface area contributed by atoms with Crippen molar-refractivity contribution in [2.75, 3.05) is 50.1 Å². The van der Waals surface area contributed by atoms with Crippen LogP contribution in [0.3, 0.4) is 0 Å². The number of urea groups is 1. The zero-order valence-electron chi connectivity index (χ0n) is 45.7. The first-order valence-corrected chi connectivity index (χ1v) is 31.7. The monoisotopic (exact) mass is 1240 g/mol. The zero-order valence-corrected chi connectivity index (χ0v) is 50.0. The van der Waals surface area contributed by atoms with Gasteiger partial charge in [-0.3, -0.25) is 37.4 Å². The molecule has 0 aliphatic carbocycles. The van der Waals surface area contributed by atoms with Crippen molar-refractivity contribution in [2.45, 2.75) is 158 Å². The van der Waals surface area contributed by atoms with Gasteiger partial charge >= 0.3 is 6.03 Å². The number of fused-ring (bicyclic) bond motifs is 2. The highest BCUT2D eigenvalue weighted by Gasteiger charge is 2.48. The number of ether oxygens (including phenoxy) is 1. The number of nitrogen functional groups attached to an aromatic ring is 1. The Morgan fingerprint density at radius 2 is 1.50 bits per heavy atom. The first-order valence-electron chi connectivity index (χ1n) is 25.3. The maximum Gasteiger partial charge on any atom is 0.315 e. The maximum atomic E-state index is 12.7. The Bertz CT molecular complexity index is 2450. The van der Waals surface area contributed by atoms with Crippen molar-refractivity contribution in [3.8, 4) is 0 Å². The molecule has 3 unspecified atom stereocenters. The van der Waals surface area contributed by atoms with Gasteiger partial charge < -0.3 is 98.9 Å². The number of carbonyl (C=O) groups excluding carboxylic acids is 5. The number of aromatic nitrogens is 4.